The van der Waals surface area contributed by atoms with Gasteiger partial charge in [0.1, 0.15) is 0 Å². The van der Waals surface area contributed by atoms with E-state index in [9.17, 15) is 0 Å². The van der Waals surface area contributed by atoms with Gasteiger partial charge >= 0.3 is 0 Å². The molecule has 0 aliphatic rings. The van der Waals surface area contributed by atoms with Gasteiger partial charge in [-0.15, -0.1) is 11.3 Å². The van der Waals surface area contributed by atoms with Crippen LogP contribution in [0.2, 0.25) is 0 Å². The van der Waals surface area contributed by atoms with E-state index in [2.05, 4.69) is 41.2 Å². The summed E-state index contributed by atoms with van der Waals surface area (Å²) in [6.45, 7) is 4.27. The van der Waals surface area contributed by atoms with E-state index in [-0.39, 0.29) is 6.04 Å². The lowest BCUT2D eigenvalue weighted by molar-refractivity contribution is 0.521. The first kappa shape index (κ1) is 9.23. The molecule has 0 saturated heterocycles. The zero-order chi connectivity index (χ0) is 8.43. The van der Waals surface area contributed by atoms with Crippen molar-refractivity contribution in [2.75, 3.05) is 0 Å². The number of rotatable bonds is 2. The minimum Gasteiger partial charge on any atom is -0.323 e. The largest absolute Gasteiger partial charge is 0.323 e. The Morgan fingerprint density at radius 2 is 2.18 bits per heavy atom. The van der Waals surface area contributed by atoms with Crippen LogP contribution in [0.1, 0.15) is 24.8 Å². The predicted molar refractivity (Wildman–Crippen MR) is 53.8 cm³/mol. The zero-order valence-corrected chi connectivity index (χ0v) is 9.08. The van der Waals surface area contributed by atoms with Gasteiger partial charge < -0.3 is 5.73 Å². The molecular weight excluding hydrogens is 222 g/mol. The molecule has 1 nitrogen and oxygen atoms in total. The first-order chi connectivity index (χ1) is 5.11. The maximum atomic E-state index is 5.94. The summed E-state index contributed by atoms with van der Waals surface area (Å²) in [4.78, 5) is 1.26. The number of nitrogens with two attached hydrogens (primary N) is 1. The first-order valence-corrected chi connectivity index (χ1v) is 5.28. The molecule has 2 N–H and O–H groups in total. The highest BCUT2D eigenvalue weighted by molar-refractivity contribution is 9.10. The lowest BCUT2D eigenvalue weighted by atomic mass is 10.0. The van der Waals surface area contributed by atoms with E-state index in [4.69, 9.17) is 5.73 Å². The van der Waals surface area contributed by atoms with Gasteiger partial charge in [0, 0.05) is 20.8 Å². The van der Waals surface area contributed by atoms with Gasteiger partial charge in [0.25, 0.3) is 0 Å². The molecule has 0 unspecified atom stereocenters. The standard InChI is InChI=1S/C8H12BrNS/c1-5(2)8(10)7-3-6(9)4-11-7/h3-5,8H,10H2,1-2H3/t8-/m1/s1. The molecule has 1 heterocycles. The Kier molecular flexibility index (Phi) is 3.10. The van der Waals surface area contributed by atoms with Crippen molar-refractivity contribution in [2.24, 2.45) is 11.7 Å². The van der Waals surface area contributed by atoms with Crippen LogP contribution in [0, 0.1) is 5.92 Å². The molecule has 1 rings (SSSR count). The molecule has 0 aliphatic heterocycles. The zero-order valence-electron chi connectivity index (χ0n) is 6.67. The smallest absolute Gasteiger partial charge is 0.0413 e. The van der Waals surface area contributed by atoms with Gasteiger partial charge in [-0.3, -0.25) is 0 Å². The number of hydrogen-bond donors (Lipinski definition) is 1. The Hall–Kier alpha value is 0.140. The van der Waals surface area contributed by atoms with Crippen molar-refractivity contribution in [1.82, 2.24) is 0 Å². The Bertz CT molecular complexity index is 232. The van der Waals surface area contributed by atoms with E-state index in [1.54, 1.807) is 11.3 Å². The highest BCUT2D eigenvalue weighted by Gasteiger charge is 2.11. The van der Waals surface area contributed by atoms with Crippen molar-refractivity contribution in [3.8, 4) is 0 Å². The Balaban J connectivity index is 2.76. The maximum absolute atomic E-state index is 5.94. The summed E-state index contributed by atoms with van der Waals surface area (Å²) >= 11 is 5.12. The van der Waals surface area contributed by atoms with Gasteiger partial charge in [-0.2, -0.15) is 0 Å². The second-order valence-electron chi connectivity index (χ2n) is 2.94. The van der Waals surface area contributed by atoms with Gasteiger partial charge in [-0.05, 0) is 27.9 Å². The molecule has 3 heteroatoms. The third-order valence-electron chi connectivity index (χ3n) is 1.63. The molecule has 0 aromatic carbocycles. The van der Waals surface area contributed by atoms with Crippen molar-refractivity contribution in [3.05, 3.63) is 20.8 Å². The SMILES string of the molecule is CC(C)[C@@H](N)c1cc(Br)cs1. The molecule has 0 saturated carbocycles. The third kappa shape index (κ3) is 2.29. The van der Waals surface area contributed by atoms with Crippen LogP contribution >= 0.6 is 27.3 Å². The van der Waals surface area contributed by atoms with Crippen LogP contribution in [-0.4, -0.2) is 0 Å². The predicted octanol–water partition coefficient (Wildman–Crippen LogP) is 3.17. The van der Waals surface area contributed by atoms with E-state index in [1.807, 2.05) is 0 Å². The van der Waals surface area contributed by atoms with Crippen LogP contribution in [0.3, 0.4) is 0 Å². The quantitative estimate of drug-likeness (QED) is 0.835. The van der Waals surface area contributed by atoms with Crippen LogP contribution < -0.4 is 5.73 Å². The topological polar surface area (TPSA) is 26.0 Å². The fourth-order valence-corrected chi connectivity index (χ4v) is 2.45. The lowest BCUT2D eigenvalue weighted by Crippen LogP contribution is -2.14. The highest BCUT2D eigenvalue weighted by Crippen LogP contribution is 2.27. The summed E-state index contributed by atoms with van der Waals surface area (Å²) in [5.41, 5.74) is 5.94. The molecule has 0 radical (unpaired) electrons. The molecule has 1 atom stereocenters. The highest BCUT2D eigenvalue weighted by atomic mass is 79.9. The summed E-state index contributed by atoms with van der Waals surface area (Å²) in [6.07, 6.45) is 0. The summed E-state index contributed by atoms with van der Waals surface area (Å²) in [5, 5.41) is 2.07. The van der Waals surface area contributed by atoms with Crippen LogP contribution in [0.25, 0.3) is 0 Å². The van der Waals surface area contributed by atoms with Crippen molar-refractivity contribution >= 4 is 27.3 Å². The summed E-state index contributed by atoms with van der Waals surface area (Å²) in [7, 11) is 0. The third-order valence-corrected chi connectivity index (χ3v) is 3.43. The first-order valence-electron chi connectivity index (χ1n) is 3.60. The van der Waals surface area contributed by atoms with Crippen LogP contribution in [-0.2, 0) is 0 Å². The summed E-state index contributed by atoms with van der Waals surface area (Å²) < 4.78 is 1.13. The second kappa shape index (κ2) is 3.70. The molecule has 0 amide bonds. The van der Waals surface area contributed by atoms with Crippen molar-refractivity contribution in [2.45, 2.75) is 19.9 Å². The van der Waals surface area contributed by atoms with Gasteiger partial charge in [-0.25, -0.2) is 0 Å². The summed E-state index contributed by atoms with van der Waals surface area (Å²) in [6, 6.07) is 2.28. The van der Waals surface area contributed by atoms with E-state index >= 15 is 0 Å². The number of hydrogen-bond acceptors (Lipinski definition) is 2. The van der Waals surface area contributed by atoms with E-state index in [0.29, 0.717) is 5.92 Å². The molecule has 1 aromatic rings. The molecule has 11 heavy (non-hydrogen) atoms. The molecular formula is C8H12BrNS. The lowest BCUT2D eigenvalue weighted by Gasteiger charge is -2.12. The molecule has 0 fully saturated rings. The molecule has 1 aromatic heterocycles. The molecule has 62 valence electrons. The van der Waals surface area contributed by atoms with Gasteiger partial charge in [0.05, 0.1) is 0 Å². The second-order valence-corrected chi connectivity index (χ2v) is 4.80. The average molecular weight is 234 g/mol. The van der Waals surface area contributed by atoms with Crippen LogP contribution in [0.5, 0.6) is 0 Å². The molecule has 0 spiro atoms. The molecule has 0 bridgehead atoms. The van der Waals surface area contributed by atoms with E-state index in [0.717, 1.165) is 4.47 Å². The number of halogens is 1. The van der Waals surface area contributed by atoms with Gasteiger partial charge in [0.2, 0.25) is 0 Å². The maximum Gasteiger partial charge on any atom is 0.0413 e. The minimum atomic E-state index is 0.186. The van der Waals surface area contributed by atoms with Crippen LogP contribution in [0.15, 0.2) is 15.9 Å². The Morgan fingerprint density at radius 1 is 1.55 bits per heavy atom. The fraction of sp³-hybridized carbons (Fsp3) is 0.500. The minimum absolute atomic E-state index is 0.186. The fourth-order valence-electron chi connectivity index (χ4n) is 0.832. The average Bonchev–Trinajstić information content (AvgIpc) is 2.34. The van der Waals surface area contributed by atoms with Crippen LogP contribution in [0.4, 0.5) is 0 Å². The molecule has 0 aliphatic carbocycles. The number of thiophene rings is 1. The Labute approximate surface area is 79.7 Å². The Morgan fingerprint density at radius 3 is 2.55 bits per heavy atom. The normalized spacial score (nSPS) is 13.9. The summed E-state index contributed by atoms with van der Waals surface area (Å²) in [5.74, 6) is 0.514. The van der Waals surface area contributed by atoms with Crippen molar-refractivity contribution in [1.29, 1.82) is 0 Å². The van der Waals surface area contributed by atoms with Crippen molar-refractivity contribution < 1.29 is 0 Å². The van der Waals surface area contributed by atoms with E-state index < -0.39 is 0 Å². The van der Waals surface area contributed by atoms with E-state index in [1.165, 1.54) is 4.88 Å². The monoisotopic (exact) mass is 233 g/mol. The van der Waals surface area contributed by atoms with Gasteiger partial charge in [-0.1, -0.05) is 13.8 Å². The van der Waals surface area contributed by atoms with Gasteiger partial charge in [0.15, 0.2) is 0 Å². The van der Waals surface area contributed by atoms with Crippen molar-refractivity contribution in [3.63, 3.8) is 0 Å².